The molecule has 0 atom stereocenters. The topological polar surface area (TPSA) is 113 Å². The van der Waals surface area contributed by atoms with Gasteiger partial charge < -0.3 is 14.2 Å². The minimum Gasteiger partial charge on any atom is -0.497 e. The molecule has 0 heterocycles. The van der Waals surface area contributed by atoms with Gasteiger partial charge in [0.15, 0.2) is 28.9 Å². The Morgan fingerprint density at radius 3 is 0.800 bits per heavy atom. The van der Waals surface area contributed by atoms with Crippen LogP contribution in [0, 0.1) is 0 Å². The fourth-order valence-electron chi connectivity index (χ4n) is 3.43. The Labute approximate surface area is 265 Å². The molecule has 0 saturated heterocycles. The van der Waals surface area contributed by atoms with Gasteiger partial charge >= 0.3 is 0 Å². The standard InChI is InChI=1S/2C10H10O2.C9H10O2.C8H10O2/c1-7(11)9-3-5-10(6-4-9)8(2)12;1-7(11)9-4-3-5-10(6-9)8(2)12;1-7(10)8-3-5-9(11-2)6-4-8;1-9-7-3-5-8(10-2)6-4-7/h2*3-6H,1-2H3;3-6H,1-2H3;3-6H,1-2H3. The molecule has 0 N–H and O–H groups in total. The maximum atomic E-state index is 10.9. The van der Waals surface area contributed by atoms with Crippen molar-refractivity contribution in [1.82, 2.24) is 0 Å². The second kappa shape index (κ2) is 19.7. The lowest BCUT2D eigenvalue weighted by atomic mass is 10.1. The van der Waals surface area contributed by atoms with Crippen LogP contribution in [0.4, 0.5) is 0 Å². The molecule has 0 bridgehead atoms. The van der Waals surface area contributed by atoms with Gasteiger partial charge in [-0.1, -0.05) is 42.5 Å². The fraction of sp³-hybridized carbons (Fsp3) is 0.216. The summed E-state index contributed by atoms with van der Waals surface area (Å²) in [5.41, 5.74) is 3.16. The van der Waals surface area contributed by atoms with E-state index in [-0.39, 0.29) is 28.9 Å². The number of rotatable bonds is 8. The average Bonchev–Trinajstić information content (AvgIpc) is 3.05. The maximum absolute atomic E-state index is 10.9. The van der Waals surface area contributed by atoms with Crippen LogP contribution in [0.15, 0.2) is 97.1 Å². The first-order valence-electron chi connectivity index (χ1n) is 13.9. The van der Waals surface area contributed by atoms with Gasteiger partial charge in [-0.2, -0.15) is 0 Å². The lowest BCUT2D eigenvalue weighted by molar-refractivity contribution is 0.100. The van der Waals surface area contributed by atoms with E-state index in [1.807, 2.05) is 24.3 Å². The third-order valence-corrected chi connectivity index (χ3v) is 6.17. The summed E-state index contributed by atoms with van der Waals surface area (Å²) in [6, 6.07) is 27.9. The molecular formula is C37H40O8. The Kier molecular flexibility index (Phi) is 16.5. The van der Waals surface area contributed by atoms with Gasteiger partial charge in [0, 0.05) is 27.8 Å². The number of carbonyl (C=O) groups is 5. The van der Waals surface area contributed by atoms with Gasteiger partial charge in [-0.15, -0.1) is 0 Å². The number of methoxy groups -OCH3 is 3. The highest BCUT2D eigenvalue weighted by atomic mass is 16.5. The van der Waals surface area contributed by atoms with E-state index in [1.165, 1.54) is 27.7 Å². The fourth-order valence-corrected chi connectivity index (χ4v) is 3.43. The van der Waals surface area contributed by atoms with Crippen molar-refractivity contribution in [3.63, 3.8) is 0 Å². The lowest BCUT2D eigenvalue weighted by Gasteiger charge is -2.00. The van der Waals surface area contributed by atoms with E-state index in [1.54, 1.807) is 101 Å². The molecule has 0 fully saturated rings. The van der Waals surface area contributed by atoms with Crippen molar-refractivity contribution in [2.75, 3.05) is 21.3 Å². The monoisotopic (exact) mass is 612 g/mol. The van der Waals surface area contributed by atoms with Crippen LogP contribution < -0.4 is 14.2 Å². The normalized spacial score (nSPS) is 9.33. The zero-order valence-electron chi connectivity index (χ0n) is 27.0. The molecule has 0 aromatic heterocycles. The first-order valence-corrected chi connectivity index (χ1v) is 13.9. The molecule has 45 heavy (non-hydrogen) atoms. The molecule has 0 aliphatic heterocycles. The van der Waals surface area contributed by atoms with E-state index in [9.17, 15) is 24.0 Å². The summed E-state index contributed by atoms with van der Waals surface area (Å²) in [5.74, 6) is 2.55. The highest BCUT2D eigenvalue weighted by Gasteiger charge is 2.03. The number of hydrogen-bond donors (Lipinski definition) is 0. The summed E-state index contributed by atoms with van der Waals surface area (Å²) in [7, 11) is 4.88. The number of carbonyl (C=O) groups excluding carboxylic acids is 5. The quantitative estimate of drug-likeness (QED) is 0.185. The van der Waals surface area contributed by atoms with Crippen LogP contribution in [-0.4, -0.2) is 50.2 Å². The zero-order chi connectivity index (χ0) is 33.9. The first-order chi connectivity index (χ1) is 21.3. The highest BCUT2D eigenvalue weighted by molar-refractivity contribution is 5.99. The van der Waals surface area contributed by atoms with E-state index in [4.69, 9.17) is 14.2 Å². The van der Waals surface area contributed by atoms with Crippen molar-refractivity contribution >= 4 is 28.9 Å². The van der Waals surface area contributed by atoms with E-state index < -0.39 is 0 Å². The van der Waals surface area contributed by atoms with Crippen LogP contribution in [0.1, 0.15) is 86.4 Å². The molecule has 0 saturated carbocycles. The van der Waals surface area contributed by atoms with Gasteiger partial charge in [-0.25, -0.2) is 0 Å². The van der Waals surface area contributed by atoms with E-state index >= 15 is 0 Å². The van der Waals surface area contributed by atoms with Gasteiger partial charge in [0.05, 0.1) is 21.3 Å². The summed E-state index contributed by atoms with van der Waals surface area (Å²) in [4.78, 5) is 54.3. The Balaban J connectivity index is 0.000000301. The molecule has 8 nitrogen and oxygen atoms in total. The van der Waals surface area contributed by atoms with Gasteiger partial charge in [-0.05, 0) is 89.2 Å². The molecule has 0 radical (unpaired) electrons. The summed E-state index contributed by atoms with van der Waals surface area (Å²) in [5, 5.41) is 0. The van der Waals surface area contributed by atoms with E-state index in [0.717, 1.165) is 17.2 Å². The molecule has 236 valence electrons. The summed E-state index contributed by atoms with van der Waals surface area (Å²) in [6.45, 7) is 7.52. The average molecular weight is 613 g/mol. The minimum atomic E-state index is -0.0156. The first kappa shape index (κ1) is 37.7. The van der Waals surface area contributed by atoms with Crippen LogP contribution in [0.5, 0.6) is 17.2 Å². The number of hydrogen-bond acceptors (Lipinski definition) is 8. The molecule has 0 unspecified atom stereocenters. The molecular weight excluding hydrogens is 572 g/mol. The van der Waals surface area contributed by atoms with Crippen molar-refractivity contribution in [2.24, 2.45) is 0 Å². The molecule has 0 spiro atoms. The number of benzene rings is 4. The number of Topliss-reactive ketones (excluding diaryl/α,β-unsaturated/α-hetero) is 5. The molecule has 4 aromatic rings. The second-order valence-electron chi connectivity index (χ2n) is 9.55. The Morgan fingerprint density at radius 2 is 0.578 bits per heavy atom. The Bertz CT molecular complexity index is 1470. The number of ether oxygens (including phenoxy) is 3. The summed E-state index contributed by atoms with van der Waals surface area (Å²) in [6.07, 6.45) is 0. The summed E-state index contributed by atoms with van der Waals surface area (Å²) < 4.78 is 14.9. The van der Waals surface area contributed by atoms with Crippen molar-refractivity contribution in [3.05, 3.63) is 125 Å². The van der Waals surface area contributed by atoms with Crippen LogP contribution in [0.3, 0.4) is 0 Å². The predicted molar refractivity (Wildman–Crippen MR) is 175 cm³/mol. The van der Waals surface area contributed by atoms with Gasteiger partial charge in [0.1, 0.15) is 17.2 Å². The zero-order valence-corrected chi connectivity index (χ0v) is 27.0. The maximum Gasteiger partial charge on any atom is 0.159 e. The Hall–Kier alpha value is -5.37. The molecule has 0 aliphatic carbocycles. The molecule has 0 amide bonds. The highest BCUT2D eigenvalue weighted by Crippen LogP contribution is 2.16. The predicted octanol–water partition coefficient (Wildman–Crippen LogP) is 7.79. The van der Waals surface area contributed by atoms with Gasteiger partial charge in [0.2, 0.25) is 0 Å². The van der Waals surface area contributed by atoms with Crippen molar-refractivity contribution in [2.45, 2.75) is 34.6 Å². The second-order valence-corrected chi connectivity index (χ2v) is 9.55. The third-order valence-electron chi connectivity index (χ3n) is 6.17. The Morgan fingerprint density at radius 1 is 0.356 bits per heavy atom. The van der Waals surface area contributed by atoms with Gasteiger partial charge in [0.25, 0.3) is 0 Å². The van der Waals surface area contributed by atoms with Crippen LogP contribution >= 0.6 is 0 Å². The van der Waals surface area contributed by atoms with Crippen molar-refractivity contribution < 1.29 is 38.2 Å². The molecule has 4 aromatic carbocycles. The molecule has 0 aliphatic rings. The van der Waals surface area contributed by atoms with Gasteiger partial charge in [-0.3, -0.25) is 24.0 Å². The largest absolute Gasteiger partial charge is 0.497 e. The molecule has 4 rings (SSSR count). The lowest BCUT2D eigenvalue weighted by Crippen LogP contribution is -1.96. The van der Waals surface area contributed by atoms with Crippen LogP contribution in [0.25, 0.3) is 0 Å². The van der Waals surface area contributed by atoms with Crippen molar-refractivity contribution in [3.8, 4) is 17.2 Å². The van der Waals surface area contributed by atoms with E-state index in [0.29, 0.717) is 27.8 Å². The smallest absolute Gasteiger partial charge is 0.159 e. The van der Waals surface area contributed by atoms with E-state index in [2.05, 4.69) is 0 Å². The summed E-state index contributed by atoms with van der Waals surface area (Å²) >= 11 is 0. The van der Waals surface area contributed by atoms with Crippen LogP contribution in [-0.2, 0) is 0 Å². The molecule has 8 heteroatoms. The number of ketones is 5. The van der Waals surface area contributed by atoms with Crippen molar-refractivity contribution in [1.29, 1.82) is 0 Å². The SMILES string of the molecule is CC(=O)c1ccc(C(C)=O)cc1.CC(=O)c1cccc(C(C)=O)c1.COc1ccc(C(C)=O)cc1.COc1ccc(OC)cc1. The van der Waals surface area contributed by atoms with Crippen LogP contribution in [0.2, 0.25) is 0 Å². The third kappa shape index (κ3) is 14.1. The minimum absolute atomic E-state index is 0.0156.